The van der Waals surface area contributed by atoms with Crippen LogP contribution in [0.15, 0.2) is 46.6 Å². The van der Waals surface area contributed by atoms with Crippen LogP contribution in [0.1, 0.15) is 41.5 Å². The molecule has 24 heavy (non-hydrogen) atoms. The molecule has 1 aliphatic carbocycles. The van der Waals surface area contributed by atoms with Crippen LogP contribution in [0.5, 0.6) is 5.75 Å². The van der Waals surface area contributed by atoms with Crippen LogP contribution in [0.4, 0.5) is 5.69 Å². The quantitative estimate of drug-likeness (QED) is 0.565. The van der Waals surface area contributed by atoms with E-state index >= 15 is 0 Å². The molecule has 4 heteroatoms. The van der Waals surface area contributed by atoms with Crippen molar-refractivity contribution >= 4 is 30.4 Å². The Bertz CT molecular complexity index is 803. The number of carbonyl (C=O) groups excluding carboxylic acids is 1. The summed E-state index contributed by atoms with van der Waals surface area (Å²) < 4.78 is 0. The molecular formula is C20H25NO2Si. The number of hydrogen-bond acceptors (Lipinski definition) is 3. The molecule has 3 rings (SSSR count). The molecule has 0 fully saturated rings. The average molecular weight is 340 g/mol. The summed E-state index contributed by atoms with van der Waals surface area (Å²) in [5.41, 5.74) is 1.83. The van der Waals surface area contributed by atoms with E-state index in [1.165, 1.54) is 0 Å². The summed E-state index contributed by atoms with van der Waals surface area (Å²) in [6, 6.07) is 5.47. The summed E-state index contributed by atoms with van der Waals surface area (Å²) >= 11 is 0. The molecule has 0 radical (unpaired) electrons. The highest BCUT2D eigenvalue weighted by Gasteiger charge is 2.60. The number of nitrogens with zero attached hydrogens (tertiary/aromatic N) is 1. The molecule has 0 atom stereocenters. The minimum absolute atomic E-state index is 0.0259. The Kier molecular flexibility index (Phi) is 3.54. The summed E-state index contributed by atoms with van der Waals surface area (Å²) in [7, 11) is -2.44. The number of ketones is 1. The maximum absolute atomic E-state index is 12.2. The van der Waals surface area contributed by atoms with Gasteiger partial charge < -0.3 is 5.11 Å². The van der Waals surface area contributed by atoms with Gasteiger partial charge in [0.1, 0.15) is 13.8 Å². The number of phenolic OH excluding ortho intramolecular Hbond substituents is 1. The molecule has 0 aromatic heterocycles. The van der Waals surface area contributed by atoms with Crippen LogP contribution >= 0.6 is 0 Å². The van der Waals surface area contributed by atoms with Crippen molar-refractivity contribution in [2.24, 2.45) is 4.99 Å². The van der Waals surface area contributed by atoms with Gasteiger partial charge in [-0.1, -0.05) is 41.5 Å². The molecule has 126 valence electrons. The van der Waals surface area contributed by atoms with Gasteiger partial charge in [0.2, 0.25) is 0 Å². The lowest BCUT2D eigenvalue weighted by Gasteiger charge is -2.55. The topological polar surface area (TPSA) is 49.7 Å². The number of carbonyl (C=O) groups is 1. The highest BCUT2D eigenvalue weighted by molar-refractivity contribution is 7.06. The second kappa shape index (κ2) is 5.03. The van der Waals surface area contributed by atoms with Crippen molar-refractivity contribution in [2.75, 3.05) is 0 Å². The van der Waals surface area contributed by atoms with E-state index in [-0.39, 0.29) is 21.6 Å². The van der Waals surface area contributed by atoms with E-state index in [0.29, 0.717) is 0 Å². The fourth-order valence-electron chi connectivity index (χ4n) is 4.85. The number of allylic oxidation sites excluding steroid dienone is 4. The van der Waals surface area contributed by atoms with Crippen LogP contribution in [0.2, 0.25) is 10.1 Å². The minimum atomic E-state index is -2.44. The van der Waals surface area contributed by atoms with Crippen molar-refractivity contribution in [1.82, 2.24) is 0 Å². The molecule has 0 bridgehead atoms. The van der Waals surface area contributed by atoms with E-state index in [9.17, 15) is 9.90 Å². The van der Waals surface area contributed by atoms with Gasteiger partial charge in [-0.2, -0.15) is 0 Å². The number of rotatable bonds is 0. The predicted octanol–water partition coefficient (Wildman–Crippen LogP) is 4.34. The maximum atomic E-state index is 12.2. The SMILES string of the molecule is CC(C)(C)[Si]1(C(C)(C)C)C2=CC(=O)C=CC2=Nc2ccc(O)cc21. The van der Waals surface area contributed by atoms with E-state index in [1.807, 2.05) is 18.2 Å². The number of fused-ring (bicyclic) bond motifs is 2. The lowest BCUT2D eigenvalue weighted by atomic mass is 10.1. The fraction of sp³-hybridized carbons (Fsp3) is 0.400. The van der Waals surface area contributed by atoms with E-state index < -0.39 is 8.07 Å². The van der Waals surface area contributed by atoms with Gasteiger partial charge in [-0.25, -0.2) is 4.99 Å². The molecule has 0 spiro atoms. The first-order chi connectivity index (χ1) is 11.0. The van der Waals surface area contributed by atoms with E-state index in [0.717, 1.165) is 21.8 Å². The molecule has 2 aliphatic rings. The minimum Gasteiger partial charge on any atom is -0.508 e. The predicted molar refractivity (Wildman–Crippen MR) is 102 cm³/mol. The largest absolute Gasteiger partial charge is 0.508 e. The Morgan fingerprint density at radius 1 is 1.00 bits per heavy atom. The Labute approximate surface area is 144 Å². The number of phenols is 1. The zero-order chi connectivity index (χ0) is 17.9. The van der Waals surface area contributed by atoms with Gasteiger partial charge in [-0.05, 0) is 56.9 Å². The van der Waals surface area contributed by atoms with Gasteiger partial charge in [0.05, 0.1) is 11.4 Å². The molecule has 1 heterocycles. The molecule has 3 nitrogen and oxygen atoms in total. The Morgan fingerprint density at radius 3 is 2.21 bits per heavy atom. The third-order valence-corrected chi connectivity index (χ3v) is 12.2. The lowest BCUT2D eigenvalue weighted by Crippen LogP contribution is -2.65. The number of benzene rings is 1. The molecule has 0 unspecified atom stereocenters. The molecule has 1 N–H and O–H groups in total. The number of aliphatic imine (C=N–C) groups is 1. The van der Waals surface area contributed by atoms with Crippen molar-refractivity contribution in [3.8, 4) is 5.75 Å². The fourth-order valence-corrected chi connectivity index (χ4v) is 12.4. The standard InChI is InChI=1S/C20H25NO2Si/c1-19(2,3)24(20(4,5)6)17-11-13(22)7-9-15(17)21-16-10-8-14(23)12-18(16)24/h7-12,22H,1-6H3. The lowest BCUT2D eigenvalue weighted by molar-refractivity contribution is -0.110. The number of hydrogen-bond donors (Lipinski definition) is 1. The normalized spacial score (nSPS) is 19.3. The first-order valence-electron chi connectivity index (χ1n) is 8.35. The van der Waals surface area contributed by atoms with E-state index in [2.05, 4.69) is 41.5 Å². The first-order valence-corrected chi connectivity index (χ1v) is 10.4. The average Bonchev–Trinajstić information content (AvgIpc) is 2.42. The van der Waals surface area contributed by atoms with Gasteiger partial charge in [0, 0.05) is 0 Å². The van der Waals surface area contributed by atoms with Crippen LogP contribution in [0, 0.1) is 0 Å². The van der Waals surface area contributed by atoms with Crippen molar-refractivity contribution in [3.05, 3.63) is 41.6 Å². The number of aromatic hydroxyl groups is 1. The Hall–Kier alpha value is -1.94. The van der Waals surface area contributed by atoms with Crippen molar-refractivity contribution in [2.45, 2.75) is 51.6 Å². The molecule has 0 amide bonds. The molecule has 1 aromatic rings. The van der Waals surface area contributed by atoms with Crippen molar-refractivity contribution in [1.29, 1.82) is 0 Å². The van der Waals surface area contributed by atoms with E-state index in [1.54, 1.807) is 18.2 Å². The third kappa shape index (κ3) is 2.16. The summed E-state index contributed by atoms with van der Waals surface area (Å²) in [5, 5.41) is 12.3. The first kappa shape index (κ1) is 16.9. The third-order valence-electron chi connectivity index (χ3n) is 5.25. The zero-order valence-electron chi connectivity index (χ0n) is 15.3. The van der Waals surface area contributed by atoms with Gasteiger partial charge in [-0.3, -0.25) is 4.79 Å². The second-order valence-corrected chi connectivity index (χ2v) is 14.3. The summed E-state index contributed by atoms with van der Waals surface area (Å²) in [6.07, 6.45) is 5.24. The molecule has 1 aromatic carbocycles. The monoisotopic (exact) mass is 339 g/mol. The maximum Gasteiger partial charge on any atom is 0.178 e. The molecule has 0 saturated heterocycles. The van der Waals surface area contributed by atoms with Crippen molar-refractivity contribution in [3.63, 3.8) is 0 Å². The van der Waals surface area contributed by atoms with Crippen molar-refractivity contribution < 1.29 is 9.90 Å². The zero-order valence-corrected chi connectivity index (χ0v) is 16.3. The summed E-state index contributed by atoms with van der Waals surface area (Å²) in [4.78, 5) is 17.0. The summed E-state index contributed by atoms with van der Waals surface area (Å²) in [6.45, 7) is 13.5. The Balaban J connectivity index is 2.51. The van der Waals surface area contributed by atoms with Gasteiger partial charge in [0.15, 0.2) is 5.78 Å². The van der Waals surface area contributed by atoms with Crippen LogP contribution < -0.4 is 5.19 Å². The van der Waals surface area contributed by atoms with Gasteiger partial charge in [0.25, 0.3) is 0 Å². The van der Waals surface area contributed by atoms with Crippen LogP contribution in [-0.4, -0.2) is 24.7 Å². The molecular weight excluding hydrogens is 314 g/mol. The van der Waals surface area contributed by atoms with Gasteiger partial charge in [-0.15, -0.1) is 0 Å². The van der Waals surface area contributed by atoms with Crippen LogP contribution in [0.25, 0.3) is 0 Å². The van der Waals surface area contributed by atoms with Gasteiger partial charge >= 0.3 is 0 Å². The highest BCUT2D eigenvalue weighted by atomic mass is 28.3. The molecule has 0 saturated carbocycles. The summed E-state index contributed by atoms with van der Waals surface area (Å²) in [5.74, 6) is 0.286. The second-order valence-electron chi connectivity index (χ2n) is 8.74. The van der Waals surface area contributed by atoms with Crippen LogP contribution in [0.3, 0.4) is 0 Å². The molecule has 1 aliphatic heterocycles. The van der Waals surface area contributed by atoms with Crippen LogP contribution in [-0.2, 0) is 4.79 Å². The smallest absolute Gasteiger partial charge is 0.178 e. The highest BCUT2D eigenvalue weighted by Crippen LogP contribution is 2.57. The van der Waals surface area contributed by atoms with E-state index in [4.69, 9.17) is 4.99 Å². The Morgan fingerprint density at radius 2 is 1.62 bits per heavy atom.